The summed E-state index contributed by atoms with van der Waals surface area (Å²) in [5.41, 5.74) is 6.81. The highest BCUT2D eigenvalue weighted by atomic mass is 32.2. The Labute approximate surface area is 108 Å². The molecular formula is C11H20N4O2S. The molecule has 0 aliphatic carbocycles. The first-order valence-corrected chi connectivity index (χ1v) is 7.57. The third-order valence-corrected chi connectivity index (χ3v) is 5.89. The predicted molar refractivity (Wildman–Crippen MR) is 68.6 cm³/mol. The van der Waals surface area contributed by atoms with E-state index in [0.29, 0.717) is 35.3 Å². The highest BCUT2D eigenvalue weighted by molar-refractivity contribution is 7.89. The van der Waals surface area contributed by atoms with Crippen molar-refractivity contribution in [3.05, 3.63) is 11.4 Å². The zero-order valence-electron chi connectivity index (χ0n) is 11.0. The van der Waals surface area contributed by atoms with E-state index in [9.17, 15) is 8.42 Å². The lowest BCUT2D eigenvalue weighted by Gasteiger charge is -2.25. The molecule has 18 heavy (non-hydrogen) atoms. The molecule has 3 N–H and O–H groups in total. The molecule has 0 bridgehead atoms. The van der Waals surface area contributed by atoms with Crippen LogP contribution in [0.4, 0.5) is 0 Å². The van der Waals surface area contributed by atoms with Gasteiger partial charge in [0.25, 0.3) is 0 Å². The lowest BCUT2D eigenvalue weighted by molar-refractivity contribution is 0.354. The topological polar surface area (TPSA) is 92.1 Å². The van der Waals surface area contributed by atoms with Crippen molar-refractivity contribution in [1.29, 1.82) is 0 Å². The maximum Gasteiger partial charge on any atom is 0.247 e. The molecular weight excluding hydrogens is 252 g/mol. The fourth-order valence-corrected chi connectivity index (χ4v) is 4.74. The van der Waals surface area contributed by atoms with E-state index in [4.69, 9.17) is 5.73 Å². The first-order chi connectivity index (χ1) is 8.39. The van der Waals surface area contributed by atoms with Crippen LogP contribution < -0.4 is 5.73 Å². The number of hydrogen-bond donors (Lipinski definition) is 2. The van der Waals surface area contributed by atoms with Crippen molar-refractivity contribution in [3.8, 4) is 0 Å². The van der Waals surface area contributed by atoms with E-state index in [1.54, 1.807) is 13.8 Å². The first kappa shape index (κ1) is 13.5. The van der Waals surface area contributed by atoms with E-state index in [-0.39, 0.29) is 6.04 Å². The van der Waals surface area contributed by atoms with Crippen LogP contribution in [0.3, 0.4) is 0 Å². The molecule has 1 saturated heterocycles. The van der Waals surface area contributed by atoms with E-state index in [1.165, 1.54) is 4.31 Å². The smallest absolute Gasteiger partial charge is 0.247 e. The summed E-state index contributed by atoms with van der Waals surface area (Å²) in [7, 11) is -3.49. The number of nitrogens with zero attached hydrogens (tertiary/aromatic N) is 2. The monoisotopic (exact) mass is 272 g/mol. The van der Waals surface area contributed by atoms with Gasteiger partial charge in [0.2, 0.25) is 10.0 Å². The molecule has 2 rings (SSSR count). The van der Waals surface area contributed by atoms with Gasteiger partial charge in [-0.05, 0) is 26.2 Å². The predicted octanol–water partition coefficient (Wildman–Crippen LogP) is 0.384. The third-order valence-electron chi connectivity index (χ3n) is 3.70. The Kier molecular flexibility index (Phi) is 3.48. The SMILES string of the molecule is Cc1n[nH]c(C)c1S(=O)(=O)N1CCC(C)C1CN. The van der Waals surface area contributed by atoms with Crippen molar-refractivity contribution >= 4 is 10.0 Å². The van der Waals surface area contributed by atoms with Gasteiger partial charge < -0.3 is 5.73 Å². The van der Waals surface area contributed by atoms with Gasteiger partial charge in [0.05, 0.1) is 11.4 Å². The number of aromatic amines is 1. The minimum absolute atomic E-state index is 0.108. The molecule has 1 aromatic heterocycles. The molecule has 0 radical (unpaired) electrons. The highest BCUT2D eigenvalue weighted by Gasteiger charge is 2.40. The minimum Gasteiger partial charge on any atom is -0.329 e. The lowest BCUT2D eigenvalue weighted by atomic mass is 10.0. The van der Waals surface area contributed by atoms with Gasteiger partial charge in [-0.15, -0.1) is 0 Å². The van der Waals surface area contributed by atoms with Crippen LogP contribution in [0, 0.1) is 19.8 Å². The number of H-pyrrole nitrogens is 1. The van der Waals surface area contributed by atoms with Crippen LogP contribution in [-0.2, 0) is 10.0 Å². The Morgan fingerprint density at radius 2 is 2.17 bits per heavy atom. The van der Waals surface area contributed by atoms with E-state index < -0.39 is 10.0 Å². The molecule has 0 spiro atoms. The third kappa shape index (κ3) is 1.96. The summed E-state index contributed by atoms with van der Waals surface area (Å²) in [5.74, 6) is 0.303. The summed E-state index contributed by atoms with van der Waals surface area (Å²) in [5, 5.41) is 6.69. The molecule has 102 valence electrons. The average molecular weight is 272 g/mol. The number of aromatic nitrogens is 2. The summed E-state index contributed by atoms with van der Waals surface area (Å²) < 4.78 is 26.9. The van der Waals surface area contributed by atoms with Crippen molar-refractivity contribution in [2.75, 3.05) is 13.1 Å². The molecule has 1 aromatic rings. The van der Waals surface area contributed by atoms with E-state index >= 15 is 0 Å². The van der Waals surface area contributed by atoms with Gasteiger partial charge >= 0.3 is 0 Å². The van der Waals surface area contributed by atoms with E-state index in [2.05, 4.69) is 10.2 Å². The number of aryl methyl sites for hydroxylation is 2. The van der Waals surface area contributed by atoms with Crippen LogP contribution in [0.2, 0.25) is 0 Å². The summed E-state index contributed by atoms with van der Waals surface area (Å²) >= 11 is 0. The Morgan fingerprint density at radius 1 is 1.50 bits per heavy atom. The largest absolute Gasteiger partial charge is 0.329 e. The molecule has 2 unspecified atom stereocenters. The molecule has 1 aliphatic rings. The van der Waals surface area contributed by atoms with Crippen LogP contribution in [0.15, 0.2) is 4.90 Å². The van der Waals surface area contributed by atoms with Crippen LogP contribution in [0.25, 0.3) is 0 Å². The fraction of sp³-hybridized carbons (Fsp3) is 0.727. The summed E-state index contributed by atoms with van der Waals surface area (Å²) in [4.78, 5) is 0.301. The molecule has 0 saturated carbocycles. The quantitative estimate of drug-likeness (QED) is 0.832. The molecule has 6 nitrogen and oxygen atoms in total. The van der Waals surface area contributed by atoms with E-state index in [0.717, 1.165) is 6.42 Å². The normalized spacial score (nSPS) is 25.8. The van der Waals surface area contributed by atoms with Crippen molar-refractivity contribution < 1.29 is 8.42 Å². The van der Waals surface area contributed by atoms with Gasteiger partial charge in [0.1, 0.15) is 4.90 Å². The molecule has 0 aromatic carbocycles. The maximum absolute atomic E-state index is 12.7. The van der Waals surface area contributed by atoms with Gasteiger partial charge in [0.15, 0.2) is 0 Å². The summed E-state index contributed by atoms with van der Waals surface area (Å²) in [6.07, 6.45) is 0.858. The van der Waals surface area contributed by atoms with Gasteiger partial charge in [-0.3, -0.25) is 5.10 Å². The average Bonchev–Trinajstić information content (AvgIpc) is 2.82. The zero-order valence-corrected chi connectivity index (χ0v) is 11.8. The van der Waals surface area contributed by atoms with Gasteiger partial charge in [-0.2, -0.15) is 9.40 Å². The fourth-order valence-electron chi connectivity index (χ4n) is 2.66. The first-order valence-electron chi connectivity index (χ1n) is 6.13. The summed E-state index contributed by atoms with van der Waals surface area (Å²) in [6.45, 7) is 6.37. The number of sulfonamides is 1. The number of nitrogens with one attached hydrogen (secondary N) is 1. The van der Waals surface area contributed by atoms with Crippen molar-refractivity contribution in [2.24, 2.45) is 11.7 Å². The van der Waals surface area contributed by atoms with Crippen molar-refractivity contribution in [1.82, 2.24) is 14.5 Å². The molecule has 1 aliphatic heterocycles. The lowest BCUT2D eigenvalue weighted by Crippen LogP contribution is -2.42. The standard InChI is InChI=1S/C11H20N4O2S/c1-7-4-5-15(10(7)6-12)18(16,17)11-8(2)13-14-9(11)3/h7,10H,4-6,12H2,1-3H3,(H,13,14). The van der Waals surface area contributed by atoms with Gasteiger partial charge in [0, 0.05) is 19.1 Å². The van der Waals surface area contributed by atoms with Gasteiger partial charge in [-0.25, -0.2) is 8.42 Å². The molecule has 2 heterocycles. The van der Waals surface area contributed by atoms with Crippen molar-refractivity contribution in [2.45, 2.75) is 38.1 Å². The minimum atomic E-state index is -3.49. The Morgan fingerprint density at radius 3 is 2.67 bits per heavy atom. The van der Waals surface area contributed by atoms with Crippen LogP contribution in [-0.4, -0.2) is 42.1 Å². The second-order valence-corrected chi connectivity index (χ2v) is 6.78. The van der Waals surface area contributed by atoms with Crippen LogP contribution >= 0.6 is 0 Å². The van der Waals surface area contributed by atoms with Crippen LogP contribution in [0.5, 0.6) is 0 Å². The Balaban J connectivity index is 2.44. The highest BCUT2D eigenvalue weighted by Crippen LogP contribution is 2.31. The Bertz CT molecular complexity index is 518. The molecule has 1 fully saturated rings. The summed E-state index contributed by atoms with van der Waals surface area (Å²) in [6, 6.07) is -0.108. The zero-order chi connectivity index (χ0) is 13.5. The van der Waals surface area contributed by atoms with Gasteiger partial charge in [-0.1, -0.05) is 6.92 Å². The molecule has 0 amide bonds. The number of rotatable bonds is 3. The number of hydrogen-bond acceptors (Lipinski definition) is 4. The van der Waals surface area contributed by atoms with Crippen LogP contribution in [0.1, 0.15) is 24.7 Å². The van der Waals surface area contributed by atoms with Crippen molar-refractivity contribution in [3.63, 3.8) is 0 Å². The number of nitrogens with two attached hydrogens (primary N) is 1. The molecule has 2 atom stereocenters. The second kappa shape index (κ2) is 4.64. The van der Waals surface area contributed by atoms with E-state index in [1.807, 2.05) is 6.92 Å². The molecule has 7 heteroatoms. The maximum atomic E-state index is 12.7. The second-order valence-electron chi connectivity index (χ2n) is 4.95. The Hall–Kier alpha value is -0.920.